The Bertz CT molecular complexity index is 468. The lowest BCUT2D eigenvalue weighted by molar-refractivity contribution is 0.123. The Balaban J connectivity index is 1.56. The van der Waals surface area contributed by atoms with E-state index in [1.54, 1.807) is 4.90 Å². The number of nitrogens with two attached hydrogens (primary N) is 1. The summed E-state index contributed by atoms with van der Waals surface area (Å²) >= 11 is 0. The summed E-state index contributed by atoms with van der Waals surface area (Å²) in [5.74, 6) is 0. The number of urea groups is 1. The topological polar surface area (TPSA) is 62.5 Å². The zero-order valence-corrected chi connectivity index (χ0v) is 11.8. The fourth-order valence-electron chi connectivity index (χ4n) is 3.52. The zero-order valence-electron chi connectivity index (χ0n) is 11.8. The van der Waals surface area contributed by atoms with Gasteiger partial charge in [0.15, 0.2) is 0 Å². The number of likely N-dealkylation sites (tertiary alicyclic amines) is 2. The minimum absolute atomic E-state index is 0.273. The first-order valence-corrected chi connectivity index (χ1v) is 7.33. The summed E-state index contributed by atoms with van der Waals surface area (Å²) in [6, 6.07) is 3.85. The maximum atomic E-state index is 11.2. The van der Waals surface area contributed by atoms with Crippen molar-refractivity contribution in [2.45, 2.75) is 25.8 Å². The standard InChI is InChI=1S/C15H22N4O/c16-14(20)19-8-4-15(5-9-19)3-7-18(12-15)11-13-2-1-6-17-10-13/h1-2,6,10H,3-5,7-9,11-12H2,(H2,16,20). The third-order valence-corrected chi connectivity index (χ3v) is 4.78. The number of nitrogens with zero attached hydrogens (tertiary/aromatic N) is 3. The molecule has 5 nitrogen and oxygen atoms in total. The predicted octanol–water partition coefficient (Wildman–Crippen LogP) is 1.45. The van der Waals surface area contributed by atoms with Gasteiger partial charge in [0, 0.05) is 38.6 Å². The van der Waals surface area contributed by atoms with E-state index in [1.165, 1.54) is 12.0 Å². The van der Waals surface area contributed by atoms with Gasteiger partial charge in [-0.1, -0.05) is 6.07 Å². The fraction of sp³-hybridized carbons (Fsp3) is 0.600. The molecule has 1 spiro atoms. The molecule has 1 aromatic heterocycles. The number of aromatic nitrogens is 1. The summed E-state index contributed by atoms with van der Waals surface area (Å²) < 4.78 is 0. The van der Waals surface area contributed by atoms with Crippen molar-refractivity contribution < 1.29 is 4.79 Å². The molecule has 0 atom stereocenters. The molecule has 2 aliphatic heterocycles. The molecular formula is C15H22N4O. The molecule has 0 aromatic carbocycles. The largest absolute Gasteiger partial charge is 0.351 e. The molecule has 0 radical (unpaired) electrons. The van der Waals surface area contributed by atoms with Crippen LogP contribution >= 0.6 is 0 Å². The third-order valence-electron chi connectivity index (χ3n) is 4.78. The van der Waals surface area contributed by atoms with Crippen molar-refractivity contribution in [1.29, 1.82) is 0 Å². The van der Waals surface area contributed by atoms with Gasteiger partial charge in [-0.25, -0.2) is 4.79 Å². The zero-order chi connectivity index (χ0) is 14.0. The second kappa shape index (κ2) is 5.40. The molecule has 5 heteroatoms. The molecule has 0 unspecified atom stereocenters. The van der Waals surface area contributed by atoms with Gasteiger partial charge in [0.1, 0.15) is 0 Å². The van der Waals surface area contributed by atoms with Gasteiger partial charge in [0.2, 0.25) is 0 Å². The average Bonchev–Trinajstić information content (AvgIpc) is 2.83. The lowest BCUT2D eigenvalue weighted by atomic mass is 9.78. The first kappa shape index (κ1) is 13.4. The number of amides is 2. The predicted molar refractivity (Wildman–Crippen MR) is 77.0 cm³/mol. The average molecular weight is 274 g/mol. The van der Waals surface area contributed by atoms with E-state index in [0.717, 1.165) is 45.6 Å². The summed E-state index contributed by atoms with van der Waals surface area (Å²) in [5, 5.41) is 0. The van der Waals surface area contributed by atoms with E-state index >= 15 is 0 Å². The van der Waals surface area contributed by atoms with Crippen LogP contribution in [0, 0.1) is 5.41 Å². The van der Waals surface area contributed by atoms with E-state index in [0.29, 0.717) is 5.41 Å². The quantitative estimate of drug-likeness (QED) is 0.888. The Morgan fingerprint density at radius 2 is 2.05 bits per heavy atom. The van der Waals surface area contributed by atoms with Crippen molar-refractivity contribution in [3.05, 3.63) is 30.1 Å². The molecule has 2 fully saturated rings. The Hall–Kier alpha value is -1.62. The number of carbonyl (C=O) groups excluding carboxylic acids is 1. The van der Waals surface area contributed by atoms with Gasteiger partial charge in [-0.05, 0) is 42.9 Å². The van der Waals surface area contributed by atoms with Crippen molar-refractivity contribution >= 4 is 6.03 Å². The second-order valence-corrected chi connectivity index (χ2v) is 6.15. The van der Waals surface area contributed by atoms with Gasteiger partial charge in [0.05, 0.1) is 0 Å². The number of primary amides is 1. The molecule has 2 amide bonds. The van der Waals surface area contributed by atoms with Crippen LogP contribution in [0.15, 0.2) is 24.5 Å². The van der Waals surface area contributed by atoms with Crippen molar-refractivity contribution in [2.24, 2.45) is 11.1 Å². The minimum atomic E-state index is -0.273. The Kier molecular flexibility index (Phi) is 3.61. The van der Waals surface area contributed by atoms with E-state index in [9.17, 15) is 4.79 Å². The highest BCUT2D eigenvalue weighted by molar-refractivity contribution is 5.72. The van der Waals surface area contributed by atoms with Crippen molar-refractivity contribution in [3.63, 3.8) is 0 Å². The van der Waals surface area contributed by atoms with Crippen LogP contribution in [0.4, 0.5) is 4.79 Å². The van der Waals surface area contributed by atoms with Gasteiger partial charge in [-0.2, -0.15) is 0 Å². The molecule has 1 aromatic rings. The number of carbonyl (C=O) groups is 1. The van der Waals surface area contributed by atoms with Crippen LogP contribution in [0.3, 0.4) is 0 Å². The van der Waals surface area contributed by atoms with Crippen LogP contribution in [0.1, 0.15) is 24.8 Å². The highest BCUT2D eigenvalue weighted by Crippen LogP contribution is 2.40. The van der Waals surface area contributed by atoms with Crippen LogP contribution in [-0.4, -0.2) is 47.0 Å². The SMILES string of the molecule is NC(=O)N1CCC2(CCN(Cc3cccnc3)C2)CC1. The summed E-state index contributed by atoms with van der Waals surface area (Å²) in [6.07, 6.45) is 7.16. The molecule has 3 rings (SSSR count). The summed E-state index contributed by atoms with van der Waals surface area (Å²) in [4.78, 5) is 19.7. The molecule has 0 saturated carbocycles. The molecule has 0 aliphatic carbocycles. The number of hydrogen-bond acceptors (Lipinski definition) is 3. The number of rotatable bonds is 2. The lowest BCUT2D eigenvalue weighted by Crippen LogP contribution is -2.46. The maximum Gasteiger partial charge on any atom is 0.314 e. The summed E-state index contributed by atoms with van der Waals surface area (Å²) in [5.41, 5.74) is 7.03. The van der Waals surface area contributed by atoms with E-state index < -0.39 is 0 Å². The molecule has 2 aliphatic rings. The fourth-order valence-corrected chi connectivity index (χ4v) is 3.52. The maximum absolute atomic E-state index is 11.2. The van der Waals surface area contributed by atoms with Gasteiger partial charge in [0.25, 0.3) is 0 Å². The van der Waals surface area contributed by atoms with Crippen LogP contribution in [-0.2, 0) is 6.54 Å². The van der Waals surface area contributed by atoms with Gasteiger partial charge >= 0.3 is 6.03 Å². The van der Waals surface area contributed by atoms with Crippen LogP contribution in [0.25, 0.3) is 0 Å². The Morgan fingerprint density at radius 3 is 2.70 bits per heavy atom. The third kappa shape index (κ3) is 2.77. The molecule has 108 valence electrons. The van der Waals surface area contributed by atoms with Gasteiger partial charge < -0.3 is 10.6 Å². The van der Waals surface area contributed by atoms with E-state index in [1.807, 2.05) is 18.5 Å². The number of hydrogen-bond donors (Lipinski definition) is 1. The number of piperidine rings is 1. The molecule has 0 bridgehead atoms. The van der Waals surface area contributed by atoms with Gasteiger partial charge in [-0.3, -0.25) is 9.88 Å². The Morgan fingerprint density at radius 1 is 1.30 bits per heavy atom. The Labute approximate surface area is 119 Å². The van der Waals surface area contributed by atoms with Crippen molar-refractivity contribution in [1.82, 2.24) is 14.8 Å². The van der Waals surface area contributed by atoms with E-state index in [4.69, 9.17) is 5.73 Å². The summed E-state index contributed by atoms with van der Waals surface area (Å²) in [6.45, 7) is 4.89. The van der Waals surface area contributed by atoms with Gasteiger partial charge in [-0.15, -0.1) is 0 Å². The van der Waals surface area contributed by atoms with Crippen molar-refractivity contribution in [3.8, 4) is 0 Å². The monoisotopic (exact) mass is 274 g/mol. The molecule has 20 heavy (non-hydrogen) atoms. The second-order valence-electron chi connectivity index (χ2n) is 6.15. The molecular weight excluding hydrogens is 252 g/mol. The molecule has 2 N–H and O–H groups in total. The van der Waals surface area contributed by atoms with Crippen LogP contribution < -0.4 is 5.73 Å². The smallest absolute Gasteiger partial charge is 0.314 e. The lowest BCUT2D eigenvalue weighted by Gasteiger charge is -2.38. The highest BCUT2D eigenvalue weighted by atomic mass is 16.2. The normalized spacial score (nSPS) is 22.3. The van der Waals surface area contributed by atoms with Crippen LogP contribution in [0.5, 0.6) is 0 Å². The first-order chi connectivity index (χ1) is 9.67. The minimum Gasteiger partial charge on any atom is -0.351 e. The summed E-state index contributed by atoms with van der Waals surface area (Å²) in [7, 11) is 0. The first-order valence-electron chi connectivity index (χ1n) is 7.33. The molecule has 3 heterocycles. The van der Waals surface area contributed by atoms with E-state index in [-0.39, 0.29) is 6.03 Å². The highest BCUT2D eigenvalue weighted by Gasteiger charge is 2.40. The molecule has 2 saturated heterocycles. The van der Waals surface area contributed by atoms with Crippen molar-refractivity contribution in [2.75, 3.05) is 26.2 Å². The number of pyridine rings is 1. The van der Waals surface area contributed by atoms with Crippen LogP contribution in [0.2, 0.25) is 0 Å². The van der Waals surface area contributed by atoms with E-state index in [2.05, 4.69) is 16.0 Å².